The van der Waals surface area contributed by atoms with Gasteiger partial charge in [0.1, 0.15) is 6.04 Å². The molecule has 1 atom stereocenters. The number of nitrogens with one attached hydrogen (secondary N) is 2. The van der Waals surface area contributed by atoms with Crippen molar-refractivity contribution >= 4 is 11.9 Å². The smallest absolute Gasteiger partial charge is 0.320 e. The average molecular weight is 332 g/mol. The van der Waals surface area contributed by atoms with Gasteiger partial charge in [0.05, 0.1) is 0 Å². The maximum absolute atomic E-state index is 11.5. The van der Waals surface area contributed by atoms with Crippen LogP contribution in [0.5, 0.6) is 0 Å². The number of unbranched alkanes of at least 4 members (excludes halogenated alkanes) is 2. The largest absolute Gasteiger partial charge is 0.480 e. The van der Waals surface area contributed by atoms with Crippen LogP contribution in [0.1, 0.15) is 44.9 Å². The first-order valence-corrected chi connectivity index (χ1v) is 8.32. The molecule has 0 heterocycles. The number of carbonyl (C=O) groups is 2. The topological polar surface area (TPSA) is 96.9 Å². The van der Waals surface area contributed by atoms with Crippen molar-refractivity contribution in [2.24, 2.45) is 0 Å². The van der Waals surface area contributed by atoms with Crippen LogP contribution in [0.25, 0.3) is 0 Å². The van der Waals surface area contributed by atoms with Crippen LogP contribution in [0.4, 0.5) is 0 Å². The van der Waals surface area contributed by atoms with Crippen LogP contribution < -0.4 is 10.6 Å². The minimum Gasteiger partial charge on any atom is -0.480 e. The Balaban J connectivity index is 3.64. The van der Waals surface area contributed by atoms with Gasteiger partial charge in [0.15, 0.2) is 0 Å². The quantitative estimate of drug-likeness (QED) is 0.367. The molecule has 3 N–H and O–H groups in total. The van der Waals surface area contributed by atoms with Gasteiger partial charge in [-0.15, -0.1) is 0 Å². The zero-order valence-electron chi connectivity index (χ0n) is 14.4. The Hall–Kier alpha value is -1.18. The van der Waals surface area contributed by atoms with E-state index in [2.05, 4.69) is 10.6 Å². The maximum Gasteiger partial charge on any atom is 0.320 e. The number of hydrogen-bond acceptors (Lipinski definition) is 5. The molecule has 1 amide bonds. The fourth-order valence-electron chi connectivity index (χ4n) is 2.13. The molecule has 0 rings (SSSR count). The van der Waals surface area contributed by atoms with Crippen LogP contribution in [0.3, 0.4) is 0 Å². The SMILES string of the molecule is COCCCCNC(CCCCNC(=O)CCCOC)C(=O)O. The number of rotatable bonds is 16. The molecule has 0 spiro atoms. The van der Waals surface area contributed by atoms with Crippen LogP contribution in [-0.2, 0) is 19.1 Å². The third-order valence-corrected chi connectivity index (χ3v) is 3.46. The second-order valence-electron chi connectivity index (χ2n) is 5.49. The summed E-state index contributed by atoms with van der Waals surface area (Å²) in [5, 5.41) is 15.1. The molecule has 0 aliphatic rings. The van der Waals surface area contributed by atoms with Gasteiger partial charge in [0.2, 0.25) is 5.91 Å². The van der Waals surface area contributed by atoms with Crippen LogP contribution in [0.15, 0.2) is 0 Å². The average Bonchev–Trinajstić information content (AvgIpc) is 2.52. The van der Waals surface area contributed by atoms with Crippen molar-refractivity contribution in [3.8, 4) is 0 Å². The van der Waals surface area contributed by atoms with E-state index in [1.54, 1.807) is 14.2 Å². The second-order valence-corrected chi connectivity index (χ2v) is 5.49. The summed E-state index contributed by atoms with van der Waals surface area (Å²) in [5.74, 6) is -0.798. The van der Waals surface area contributed by atoms with Crippen LogP contribution in [-0.4, -0.2) is 63.5 Å². The second kappa shape index (κ2) is 15.7. The molecule has 23 heavy (non-hydrogen) atoms. The van der Waals surface area contributed by atoms with Crippen molar-refractivity contribution in [3.05, 3.63) is 0 Å². The Morgan fingerprint density at radius 2 is 1.61 bits per heavy atom. The molecule has 0 bridgehead atoms. The predicted octanol–water partition coefficient (Wildman–Crippen LogP) is 1.17. The fourth-order valence-corrected chi connectivity index (χ4v) is 2.13. The van der Waals surface area contributed by atoms with Gasteiger partial charge >= 0.3 is 5.97 Å². The third kappa shape index (κ3) is 14.2. The molecule has 0 saturated heterocycles. The molecule has 0 fully saturated rings. The van der Waals surface area contributed by atoms with Crippen molar-refractivity contribution in [2.45, 2.75) is 51.0 Å². The van der Waals surface area contributed by atoms with E-state index in [1.807, 2.05) is 0 Å². The number of hydrogen-bond donors (Lipinski definition) is 3. The fraction of sp³-hybridized carbons (Fsp3) is 0.875. The van der Waals surface area contributed by atoms with E-state index in [0.717, 1.165) is 32.1 Å². The summed E-state index contributed by atoms with van der Waals surface area (Å²) in [7, 11) is 3.27. The molecule has 0 aromatic carbocycles. The minimum absolute atomic E-state index is 0.0214. The van der Waals surface area contributed by atoms with Crippen molar-refractivity contribution in [2.75, 3.05) is 40.5 Å². The molecule has 7 heteroatoms. The van der Waals surface area contributed by atoms with E-state index in [4.69, 9.17) is 9.47 Å². The van der Waals surface area contributed by atoms with Gasteiger partial charge in [-0.3, -0.25) is 9.59 Å². The Morgan fingerprint density at radius 3 is 2.26 bits per heavy atom. The monoisotopic (exact) mass is 332 g/mol. The lowest BCUT2D eigenvalue weighted by atomic mass is 10.1. The molecular weight excluding hydrogens is 300 g/mol. The van der Waals surface area contributed by atoms with Gasteiger partial charge in [-0.2, -0.15) is 0 Å². The highest BCUT2D eigenvalue weighted by Crippen LogP contribution is 2.02. The first-order chi connectivity index (χ1) is 11.1. The van der Waals surface area contributed by atoms with E-state index in [-0.39, 0.29) is 5.91 Å². The van der Waals surface area contributed by atoms with Gasteiger partial charge in [0.25, 0.3) is 0 Å². The Labute approximate surface area is 139 Å². The van der Waals surface area contributed by atoms with Gasteiger partial charge < -0.3 is 25.2 Å². The van der Waals surface area contributed by atoms with Crippen molar-refractivity contribution in [3.63, 3.8) is 0 Å². The zero-order valence-corrected chi connectivity index (χ0v) is 14.4. The van der Waals surface area contributed by atoms with E-state index in [0.29, 0.717) is 39.1 Å². The highest BCUT2D eigenvalue weighted by atomic mass is 16.5. The first kappa shape index (κ1) is 21.8. The Kier molecular flexibility index (Phi) is 14.9. The Bertz CT molecular complexity index is 313. The Morgan fingerprint density at radius 1 is 0.957 bits per heavy atom. The van der Waals surface area contributed by atoms with Crippen molar-refractivity contribution in [1.82, 2.24) is 10.6 Å². The van der Waals surface area contributed by atoms with Gasteiger partial charge in [-0.25, -0.2) is 0 Å². The highest BCUT2D eigenvalue weighted by Gasteiger charge is 2.15. The predicted molar refractivity (Wildman–Crippen MR) is 88.5 cm³/mol. The summed E-state index contributed by atoms with van der Waals surface area (Å²) in [6, 6.07) is -0.519. The van der Waals surface area contributed by atoms with Crippen LogP contribution in [0.2, 0.25) is 0 Å². The summed E-state index contributed by atoms with van der Waals surface area (Å²) in [5.41, 5.74) is 0. The van der Waals surface area contributed by atoms with Gasteiger partial charge in [0, 0.05) is 40.4 Å². The number of carbonyl (C=O) groups excluding carboxylic acids is 1. The number of ether oxygens (including phenoxy) is 2. The number of carboxylic acid groups (broad SMARTS) is 1. The van der Waals surface area contributed by atoms with E-state index >= 15 is 0 Å². The maximum atomic E-state index is 11.5. The highest BCUT2D eigenvalue weighted by molar-refractivity contribution is 5.75. The minimum atomic E-state index is -0.819. The zero-order chi connectivity index (χ0) is 17.3. The molecular formula is C16H32N2O5. The molecule has 136 valence electrons. The number of methoxy groups -OCH3 is 2. The van der Waals surface area contributed by atoms with Crippen molar-refractivity contribution in [1.29, 1.82) is 0 Å². The third-order valence-electron chi connectivity index (χ3n) is 3.46. The molecule has 0 radical (unpaired) electrons. The van der Waals surface area contributed by atoms with Crippen LogP contribution in [0, 0.1) is 0 Å². The summed E-state index contributed by atoms with van der Waals surface area (Å²) >= 11 is 0. The summed E-state index contributed by atoms with van der Waals surface area (Å²) in [6.45, 7) is 2.55. The molecule has 0 aromatic rings. The molecule has 0 aliphatic carbocycles. The van der Waals surface area contributed by atoms with Gasteiger partial charge in [-0.1, -0.05) is 0 Å². The molecule has 0 aliphatic heterocycles. The lowest BCUT2D eigenvalue weighted by Gasteiger charge is -2.14. The van der Waals surface area contributed by atoms with E-state index in [9.17, 15) is 14.7 Å². The molecule has 7 nitrogen and oxygen atoms in total. The molecule has 1 unspecified atom stereocenters. The lowest BCUT2D eigenvalue weighted by Crippen LogP contribution is -2.37. The summed E-state index contributed by atoms with van der Waals surface area (Å²) in [6.07, 6.45) is 5.12. The lowest BCUT2D eigenvalue weighted by molar-refractivity contribution is -0.139. The molecule has 0 saturated carbocycles. The number of aliphatic carboxylic acids is 1. The first-order valence-electron chi connectivity index (χ1n) is 8.32. The number of amides is 1. The van der Waals surface area contributed by atoms with Gasteiger partial charge in [-0.05, 0) is 45.1 Å². The standard InChI is InChI=1S/C16H32N2O5/c1-22-12-6-5-10-17-14(16(20)21)8-3-4-11-18-15(19)9-7-13-23-2/h14,17H,3-13H2,1-2H3,(H,18,19)(H,20,21). The molecule has 0 aromatic heterocycles. The normalized spacial score (nSPS) is 12.1. The van der Waals surface area contributed by atoms with Crippen molar-refractivity contribution < 1.29 is 24.2 Å². The van der Waals surface area contributed by atoms with Crippen LogP contribution >= 0.6 is 0 Å². The van der Waals surface area contributed by atoms with E-state index < -0.39 is 12.0 Å². The summed E-state index contributed by atoms with van der Waals surface area (Å²) in [4.78, 5) is 22.6. The number of carboxylic acids is 1. The summed E-state index contributed by atoms with van der Waals surface area (Å²) < 4.78 is 9.84. The van der Waals surface area contributed by atoms with E-state index in [1.165, 1.54) is 0 Å².